The Labute approximate surface area is 167 Å². The third-order valence-electron chi connectivity index (χ3n) is 3.35. The van der Waals surface area contributed by atoms with Crippen LogP contribution < -0.4 is 0 Å². The van der Waals surface area contributed by atoms with E-state index in [1.807, 2.05) is 0 Å². The zero-order valence-electron chi connectivity index (χ0n) is 16.0. The molecule has 0 atom stereocenters. The molecule has 0 aliphatic carbocycles. The number of hydrogen-bond acceptors (Lipinski definition) is 3. The first kappa shape index (κ1) is 24.2. The molecule has 0 aromatic carbocycles. The maximum Gasteiger partial charge on any atom is 2.00 e. The van der Waals surface area contributed by atoms with Gasteiger partial charge in [-0.05, 0) is 6.42 Å². The van der Waals surface area contributed by atoms with Crippen molar-refractivity contribution >= 4 is 49.7 Å². The Balaban J connectivity index is -0.000000667. The van der Waals surface area contributed by atoms with Crippen molar-refractivity contribution in [2.45, 2.75) is 77.6 Å². The number of unbranched alkanes of at least 4 members (excludes halogenated alkanes) is 10. The maximum atomic E-state index is 11.1. The Hall–Kier alpha value is -0.0603. The summed E-state index contributed by atoms with van der Waals surface area (Å²) in [6.45, 7) is 2.61. The molecule has 0 saturated heterocycles. The smallest absolute Gasteiger partial charge is 1.00 e. The summed E-state index contributed by atoms with van der Waals surface area (Å²) in [6.07, 6.45) is 15.5. The van der Waals surface area contributed by atoms with E-state index in [4.69, 9.17) is 9.84 Å². The van der Waals surface area contributed by atoms with Crippen molar-refractivity contribution in [2.24, 2.45) is 0 Å². The first-order valence-electron chi connectivity index (χ1n) is 8.24. The van der Waals surface area contributed by atoms with Crippen molar-refractivity contribution in [3.8, 4) is 0 Å². The molecule has 4 nitrogen and oxygen atoms in total. The molecule has 0 radical (unpaired) electrons. The number of esters is 1. The Morgan fingerprint density at radius 2 is 1.32 bits per heavy atom. The van der Waals surface area contributed by atoms with Crippen molar-refractivity contribution in [3.05, 3.63) is 12.2 Å². The molecule has 0 unspecified atom stereocenters. The molecule has 1 N–H and O–H groups in total. The molecule has 0 aromatic rings. The number of carbonyl (C=O) groups excluding carboxylic acids is 1. The monoisotopic (exact) mass is 340 g/mol. The molecule has 0 fully saturated rings. The Morgan fingerprint density at radius 3 is 1.77 bits per heavy atom. The van der Waals surface area contributed by atoms with Crippen molar-refractivity contribution in [1.29, 1.82) is 0 Å². The molecule has 5 heteroatoms. The molecule has 0 aliphatic heterocycles. The van der Waals surface area contributed by atoms with Gasteiger partial charge in [-0.1, -0.05) is 71.1 Å². The van der Waals surface area contributed by atoms with E-state index < -0.39 is 11.9 Å². The van der Waals surface area contributed by atoms with Gasteiger partial charge in [-0.3, -0.25) is 0 Å². The van der Waals surface area contributed by atoms with Crippen LogP contribution in [-0.4, -0.2) is 61.4 Å². The van der Waals surface area contributed by atoms with Gasteiger partial charge in [0.05, 0.1) is 6.61 Å². The Kier molecular flexibility index (Phi) is 20.9. The number of rotatable bonds is 14. The second kappa shape index (κ2) is 19.0. The summed E-state index contributed by atoms with van der Waals surface area (Å²) in [5, 5.41) is 8.34. The first-order valence-corrected chi connectivity index (χ1v) is 8.24. The third kappa shape index (κ3) is 19.9. The van der Waals surface area contributed by atoms with Gasteiger partial charge < -0.3 is 12.7 Å². The molecule has 0 saturated carbocycles. The number of carbonyl (C=O) groups is 2. The van der Waals surface area contributed by atoms with Gasteiger partial charge >= 0.3 is 49.7 Å². The minimum Gasteiger partial charge on any atom is -1.00 e. The molecular weight excluding hydrogens is 308 g/mol. The second-order valence-corrected chi connectivity index (χ2v) is 5.37. The fraction of sp³-hybridized carbons (Fsp3) is 0.765. The van der Waals surface area contributed by atoms with Gasteiger partial charge in [0.1, 0.15) is 0 Å². The minimum absolute atomic E-state index is 0. The van der Waals surface area contributed by atoms with Crippen molar-refractivity contribution in [2.75, 3.05) is 6.61 Å². The first-order chi connectivity index (χ1) is 10.2. The van der Waals surface area contributed by atoms with Crippen molar-refractivity contribution in [3.63, 3.8) is 0 Å². The summed E-state index contributed by atoms with van der Waals surface area (Å²) in [4.78, 5) is 21.2. The van der Waals surface area contributed by atoms with Crippen LogP contribution in [0.4, 0.5) is 0 Å². The minimum atomic E-state index is -1.14. The van der Waals surface area contributed by atoms with Crippen LogP contribution in [0.15, 0.2) is 12.2 Å². The number of ether oxygens (including phenoxy) is 1. The molecule has 0 amide bonds. The predicted octanol–water partition coefficient (Wildman–Crippen LogP) is 4.33. The quantitative estimate of drug-likeness (QED) is 0.221. The molecule has 0 aliphatic rings. The van der Waals surface area contributed by atoms with Gasteiger partial charge in [0.2, 0.25) is 0 Å². The third-order valence-corrected chi connectivity index (χ3v) is 3.35. The number of carboxylic acids is 1. The average Bonchev–Trinajstić information content (AvgIpc) is 2.46. The Morgan fingerprint density at radius 1 is 0.864 bits per heavy atom. The summed E-state index contributed by atoms with van der Waals surface area (Å²) in [5.41, 5.74) is 0. The molecule has 0 aromatic heterocycles. The summed E-state index contributed by atoms with van der Waals surface area (Å²) in [5.74, 6) is -1.72. The second-order valence-electron chi connectivity index (χ2n) is 5.37. The predicted molar refractivity (Wildman–Crippen MR) is 92.2 cm³/mol. The average molecular weight is 341 g/mol. The summed E-state index contributed by atoms with van der Waals surface area (Å²) in [6, 6.07) is 0. The van der Waals surface area contributed by atoms with Crippen LogP contribution in [0.5, 0.6) is 0 Å². The summed E-state index contributed by atoms with van der Waals surface area (Å²) in [7, 11) is 0. The van der Waals surface area contributed by atoms with Crippen LogP contribution in [0.3, 0.4) is 0 Å². The van der Waals surface area contributed by atoms with Crippen LogP contribution in [0.1, 0.15) is 80.4 Å². The van der Waals surface area contributed by atoms with Gasteiger partial charge in [-0.15, -0.1) is 0 Å². The fourth-order valence-electron chi connectivity index (χ4n) is 2.13. The van der Waals surface area contributed by atoms with E-state index in [0.717, 1.165) is 25.0 Å². The summed E-state index contributed by atoms with van der Waals surface area (Å²) >= 11 is 0. The number of aliphatic carboxylic acids is 1. The van der Waals surface area contributed by atoms with Crippen LogP contribution >= 0.6 is 0 Å². The standard InChI is InChI=1S/C17H30O4.Ca.2H/c1-2-3-4-5-6-7-8-9-10-11-12-15-21-17(20)14-13-16(18)19;;;/h13-14H,2-12,15H2,1H3,(H,18,19);;;/q;+2;2*-1/b14-13-;;;. The maximum absolute atomic E-state index is 11.1. The molecular formula is C17H32CaO4. The molecule has 0 heterocycles. The van der Waals surface area contributed by atoms with E-state index in [2.05, 4.69) is 6.92 Å². The number of carboxylic acid groups (broad SMARTS) is 1. The van der Waals surface area contributed by atoms with E-state index in [1.54, 1.807) is 0 Å². The van der Waals surface area contributed by atoms with Crippen LogP contribution in [-0.2, 0) is 14.3 Å². The van der Waals surface area contributed by atoms with E-state index in [0.29, 0.717) is 6.61 Å². The van der Waals surface area contributed by atoms with E-state index >= 15 is 0 Å². The van der Waals surface area contributed by atoms with Crippen LogP contribution in [0.2, 0.25) is 0 Å². The van der Waals surface area contributed by atoms with Crippen LogP contribution in [0, 0.1) is 0 Å². The molecule has 126 valence electrons. The zero-order chi connectivity index (χ0) is 15.8. The van der Waals surface area contributed by atoms with E-state index in [1.165, 1.54) is 57.8 Å². The molecule has 22 heavy (non-hydrogen) atoms. The Bertz CT molecular complexity index is 313. The number of hydrogen-bond donors (Lipinski definition) is 1. The molecule has 0 rings (SSSR count). The van der Waals surface area contributed by atoms with Crippen molar-refractivity contribution in [1.82, 2.24) is 0 Å². The topological polar surface area (TPSA) is 63.6 Å². The normalized spacial score (nSPS) is 10.4. The van der Waals surface area contributed by atoms with Crippen LogP contribution in [0.25, 0.3) is 0 Å². The molecule has 0 bridgehead atoms. The van der Waals surface area contributed by atoms with Gasteiger partial charge in [-0.25, -0.2) is 9.59 Å². The van der Waals surface area contributed by atoms with Crippen molar-refractivity contribution < 1.29 is 22.3 Å². The van der Waals surface area contributed by atoms with Gasteiger partial charge in [0.15, 0.2) is 0 Å². The van der Waals surface area contributed by atoms with Gasteiger partial charge in [0, 0.05) is 12.2 Å². The SMILES string of the molecule is CCCCCCCCCCCCCOC(=O)/C=C\C(=O)O.[Ca+2].[H-].[H-]. The zero-order valence-corrected chi connectivity index (χ0v) is 16.2. The van der Waals surface area contributed by atoms with E-state index in [9.17, 15) is 9.59 Å². The van der Waals surface area contributed by atoms with Gasteiger partial charge in [0.25, 0.3) is 0 Å². The van der Waals surface area contributed by atoms with Gasteiger partial charge in [-0.2, -0.15) is 0 Å². The van der Waals surface area contributed by atoms with E-state index in [-0.39, 0.29) is 40.6 Å². The molecule has 0 spiro atoms. The largest absolute Gasteiger partial charge is 2.00 e. The fourth-order valence-corrected chi connectivity index (χ4v) is 2.13. The summed E-state index contributed by atoms with van der Waals surface area (Å²) < 4.78 is 4.89.